The van der Waals surface area contributed by atoms with Crippen LogP contribution in [0.5, 0.6) is 0 Å². The van der Waals surface area contributed by atoms with Gasteiger partial charge in [-0.1, -0.05) is 31.5 Å². The van der Waals surface area contributed by atoms with Crippen LogP contribution in [-0.2, 0) is 0 Å². The van der Waals surface area contributed by atoms with E-state index in [2.05, 4.69) is 56.2 Å². The number of benzene rings is 1. The van der Waals surface area contributed by atoms with Crippen molar-refractivity contribution in [3.63, 3.8) is 0 Å². The number of anilines is 1. The van der Waals surface area contributed by atoms with E-state index in [0.717, 1.165) is 23.6 Å². The third-order valence-corrected chi connectivity index (χ3v) is 4.08. The second-order valence-corrected chi connectivity index (χ2v) is 5.21. The van der Waals surface area contributed by atoms with E-state index in [1.165, 1.54) is 5.56 Å². The van der Waals surface area contributed by atoms with Crippen LogP contribution in [0.15, 0.2) is 18.2 Å². The topological polar surface area (TPSA) is 15.3 Å². The molecule has 1 rings (SSSR count). The van der Waals surface area contributed by atoms with E-state index in [1.54, 1.807) is 0 Å². The number of hydrogen-bond donors (Lipinski definition) is 1. The first kappa shape index (κ1) is 15.3. The Morgan fingerprint density at radius 2 is 1.89 bits per heavy atom. The summed E-state index contributed by atoms with van der Waals surface area (Å²) in [6.45, 7) is 6.57. The molecule has 0 amide bonds. The highest BCUT2D eigenvalue weighted by molar-refractivity contribution is 6.33. The highest BCUT2D eigenvalue weighted by atomic mass is 35.5. The van der Waals surface area contributed by atoms with Gasteiger partial charge in [-0.15, -0.1) is 0 Å². The summed E-state index contributed by atoms with van der Waals surface area (Å²) in [5.74, 6) is 0. The molecule has 1 unspecified atom stereocenters. The molecule has 0 saturated carbocycles. The molecule has 1 aromatic rings. The molecule has 0 bridgehead atoms. The van der Waals surface area contributed by atoms with Gasteiger partial charge in [-0.3, -0.25) is 0 Å². The first-order valence-corrected chi connectivity index (χ1v) is 7.12. The molecule has 0 heterocycles. The Morgan fingerprint density at radius 3 is 2.33 bits per heavy atom. The van der Waals surface area contributed by atoms with Gasteiger partial charge in [0.25, 0.3) is 0 Å². The number of nitrogens with zero attached hydrogens (tertiary/aromatic N) is 1. The lowest BCUT2D eigenvalue weighted by Gasteiger charge is -2.29. The summed E-state index contributed by atoms with van der Waals surface area (Å²) in [5, 5.41) is 4.07. The van der Waals surface area contributed by atoms with Gasteiger partial charge in [-0.25, -0.2) is 0 Å². The lowest BCUT2D eigenvalue weighted by Crippen LogP contribution is -2.30. The van der Waals surface area contributed by atoms with Crippen LogP contribution in [0.25, 0.3) is 0 Å². The zero-order valence-electron chi connectivity index (χ0n) is 12.1. The minimum absolute atomic E-state index is 0.329. The van der Waals surface area contributed by atoms with Gasteiger partial charge in [0.15, 0.2) is 0 Å². The second-order valence-electron chi connectivity index (χ2n) is 4.80. The maximum Gasteiger partial charge on any atom is 0.0642 e. The van der Waals surface area contributed by atoms with Crippen LogP contribution in [0.3, 0.4) is 0 Å². The summed E-state index contributed by atoms with van der Waals surface area (Å²) in [6, 6.07) is 7.23. The quantitative estimate of drug-likeness (QED) is 0.830. The molecule has 0 aliphatic rings. The van der Waals surface area contributed by atoms with Gasteiger partial charge < -0.3 is 10.2 Å². The van der Waals surface area contributed by atoms with Crippen molar-refractivity contribution in [2.45, 2.75) is 45.7 Å². The van der Waals surface area contributed by atoms with Gasteiger partial charge in [0.05, 0.1) is 10.7 Å². The van der Waals surface area contributed by atoms with Gasteiger partial charge in [-0.2, -0.15) is 0 Å². The monoisotopic (exact) mass is 268 g/mol. The molecule has 18 heavy (non-hydrogen) atoms. The number of nitrogens with one attached hydrogen (secondary N) is 1. The van der Waals surface area contributed by atoms with Crippen molar-refractivity contribution in [3.8, 4) is 0 Å². The smallest absolute Gasteiger partial charge is 0.0642 e. The molecule has 0 fully saturated rings. The van der Waals surface area contributed by atoms with E-state index in [4.69, 9.17) is 11.6 Å². The average molecular weight is 269 g/mol. The molecular weight excluding hydrogens is 244 g/mol. The summed E-state index contributed by atoms with van der Waals surface area (Å²) in [6.07, 6.45) is 2.27. The number of hydrogen-bond acceptors (Lipinski definition) is 2. The molecule has 0 saturated heterocycles. The van der Waals surface area contributed by atoms with Crippen LogP contribution >= 0.6 is 11.6 Å². The Hall–Kier alpha value is -0.730. The highest BCUT2D eigenvalue weighted by Crippen LogP contribution is 2.30. The summed E-state index contributed by atoms with van der Waals surface area (Å²) in [4.78, 5) is 2.29. The summed E-state index contributed by atoms with van der Waals surface area (Å²) in [5.41, 5.74) is 2.35. The normalized spacial score (nSPS) is 12.8. The number of rotatable bonds is 6. The van der Waals surface area contributed by atoms with Crippen LogP contribution in [0.4, 0.5) is 5.69 Å². The van der Waals surface area contributed by atoms with E-state index in [-0.39, 0.29) is 0 Å². The van der Waals surface area contributed by atoms with Gasteiger partial charge >= 0.3 is 0 Å². The fourth-order valence-corrected chi connectivity index (χ4v) is 2.60. The molecular formula is C15H25ClN2. The third kappa shape index (κ3) is 3.39. The minimum atomic E-state index is 0.329. The van der Waals surface area contributed by atoms with Gasteiger partial charge in [-0.05, 0) is 44.5 Å². The van der Waals surface area contributed by atoms with E-state index in [0.29, 0.717) is 12.1 Å². The van der Waals surface area contributed by atoms with Crippen LogP contribution < -0.4 is 10.2 Å². The fraction of sp³-hybridized carbons (Fsp3) is 0.600. The van der Waals surface area contributed by atoms with Gasteiger partial charge in [0, 0.05) is 19.1 Å². The van der Waals surface area contributed by atoms with Crippen LogP contribution in [0, 0.1) is 0 Å². The predicted octanol–water partition coefficient (Wildman–Crippen LogP) is 4.25. The molecule has 1 atom stereocenters. The molecule has 1 N–H and O–H groups in total. The fourth-order valence-electron chi connectivity index (χ4n) is 2.28. The van der Waals surface area contributed by atoms with Gasteiger partial charge in [0.1, 0.15) is 0 Å². The predicted molar refractivity (Wildman–Crippen MR) is 81.7 cm³/mol. The van der Waals surface area contributed by atoms with Crippen molar-refractivity contribution in [3.05, 3.63) is 28.8 Å². The molecule has 0 aliphatic heterocycles. The molecule has 1 aromatic carbocycles. The molecule has 0 spiro atoms. The Balaban J connectivity index is 2.98. The lowest BCUT2D eigenvalue weighted by atomic mass is 10.1. The Labute approximate surface area is 116 Å². The molecule has 0 radical (unpaired) electrons. The van der Waals surface area contributed by atoms with Crippen molar-refractivity contribution in [2.75, 3.05) is 19.0 Å². The Morgan fingerprint density at radius 1 is 1.28 bits per heavy atom. The molecule has 0 aromatic heterocycles. The zero-order valence-corrected chi connectivity index (χ0v) is 12.9. The Bertz CT molecular complexity index is 375. The zero-order chi connectivity index (χ0) is 13.7. The second kappa shape index (κ2) is 7.01. The summed E-state index contributed by atoms with van der Waals surface area (Å²) < 4.78 is 0. The summed E-state index contributed by atoms with van der Waals surface area (Å²) >= 11 is 6.41. The SMILES string of the molecule is CCC(CC)N(C)c1ccc(C(C)NC)cc1Cl. The van der Waals surface area contributed by atoms with Crippen molar-refractivity contribution < 1.29 is 0 Å². The molecule has 0 aliphatic carbocycles. The maximum atomic E-state index is 6.41. The standard InChI is InChI=1S/C15H25ClN2/c1-6-13(7-2)18(5)15-9-8-12(10-14(15)16)11(3)17-4/h8-11,13,17H,6-7H2,1-5H3. The van der Waals surface area contributed by atoms with Crippen molar-refractivity contribution >= 4 is 17.3 Å². The summed E-state index contributed by atoms with van der Waals surface area (Å²) in [7, 11) is 4.09. The van der Waals surface area contributed by atoms with E-state index in [9.17, 15) is 0 Å². The first-order chi connectivity index (χ1) is 8.54. The van der Waals surface area contributed by atoms with E-state index in [1.807, 2.05) is 7.05 Å². The van der Waals surface area contributed by atoms with Crippen LogP contribution in [-0.4, -0.2) is 20.1 Å². The largest absolute Gasteiger partial charge is 0.370 e. The maximum absolute atomic E-state index is 6.41. The minimum Gasteiger partial charge on any atom is -0.370 e. The Kier molecular flexibility index (Phi) is 5.97. The van der Waals surface area contributed by atoms with Crippen LogP contribution in [0.1, 0.15) is 45.2 Å². The molecule has 102 valence electrons. The highest BCUT2D eigenvalue weighted by Gasteiger charge is 2.15. The first-order valence-electron chi connectivity index (χ1n) is 6.74. The molecule has 2 nitrogen and oxygen atoms in total. The molecule has 3 heteroatoms. The van der Waals surface area contributed by atoms with E-state index < -0.39 is 0 Å². The van der Waals surface area contributed by atoms with Crippen molar-refractivity contribution in [2.24, 2.45) is 0 Å². The number of halogens is 1. The van der Waals surface area contributed by atoms with Crippen molar-refractivity contribution in [1.29, 1.82) is 0 Å². The van der Waals surface area contributed by atoms with Crippen molar-refractivity contribution in [1.82, 2.24) is 5.32 Å². The van der Waals surface area contributed by atoms with E-state index >= 15 is 0 Å². The third-order valence-electron chi connectivity index (χ3n) is 3.77. The van der Waals surface area contributed by atoms with Crippen LogP contribution in [0.2, 0.25) is 5.02 Å². The van der Waals surface area contributed by atoms with Gasteiger partial charge in [0.2, 0.25) is 0 Å². The average Bonchev–Trinajstić information content (AvgIpc) is 2.38. The lowest BCUT2D eigenvalue weighted by molar-refractivity contribution is 0.591.